The first-order valence-corrected chi connectivity index (χ1v) is 13.6. The number of carbonyl (C=O) groups is 1. The number of nitrogens with zero attached hydrogens (tertiary/aromatic N) is 3. The van der Waals surface area contributed by atoms with Crippen molar-refractivity contribution < 1.29 is 18.9 Å². The number of esters is 1. The van der Waals surface area contributed by atoms with E-state index >= 15 is 0 Å². The lowest BCUT2D eigenvalue weighted by Crippen LogP contribution is -2.39. The highest BCUT2D eigenvalue weighted by Crippen LogP contribution is 2.36. The average Bonchev–Trinajstić information content (AvgIpc) is 3.50. The molecule has 2 aromatic carbocycles. The van der Waals surface area contributed by atoms with Crippen molar-refractivity contribution in [3.63, 3.8) is 0 Å². The van der Waals surface area contributed by atoms with Gasteiger partial charge in [0.2, 0.25) is 0 Å². The third-order valence-electron chi connectivity index (χ3n) is 6.28. The van der Waals surface area contributed by atoms with Crippen molar-refractivity contribution in [1.29, 1.82) is 0 Å². The summed E-state index contributed by atoms with van der Waals surface area (Å²) in [5.41, 5.74) is 2.36. The summed E-state index contributed by atoms with van der Waals surface area (Å²) < 4.78 is 14.3. The fourth-order valence-corrected chi connectivity index (χ4v) is 5.72. The smallest absolute Gasteiger partial charge is 0.338 e. The zero-order valence-corrected chi connectivity index (χ0v) is 23.5. The van der Waals surface area contributed by atoms with Crippen LogP contribution in [0.25, 0.3) is 17.4 Å². The molecule has 0 N–H and O–H groups in total. The summed E-state index contributed by atoms with van der Waals surface area (Å²) in [4.78, 5) is 42.7. The van der Waals surface area contributed by atoms with Crippen LogP contribution >= 0.6 is 27.3 Å². The highest BCUT2D eigenvalue weighted by Gasteiger charge is 2.35. The Morgan fingerprint density at radius 1 is 1.21 bits per heavy atom. The number of thiazole rings is 1. The van der Waals surface area contributed by atoms with E-state index < -0.39 is 16.9 Å². The van der Waals surface area contributed by atoms with Crippen LogP contribution in [0.1, 0.15) is 36.8 Å². The summed E-state index contributed by atoms with van der Waals surface area (Å²) in [6.07, 6.45) is 1.77. The number of allylic oxidation sites excluding steroid dienone is 1. The number of nitro benzene ring substituents is 1. The second-order valence-electron chi connectivity index (χ2n) is 8.81. The van der Waals surface area contributed by atoms with E-state index in [1.165, 1.54) is 28.0 Å². The van der Waals surface area contributed by atoms with Crippen molar-refractivity contribution in [3.05, 3.63) is 117 Å². The fraction of sp³-hybridized carbons (Fsp3) is 0.179. The zero-order valence-electron chi connectivity index (χ0n) is 21.1. The molecule has 39 heavy (non-hydrogen) atoms. The van der Waals surface area contributed by atoms with Crippen LogP contribution in [-0.2, 0) is 9.53 Å². The summed E-state index contributed by atoms with van der Waals surface area (Å²) in [5.74, 6) is 0.0843. The van der Waals surface area contributed by atoms with E-state index in [4.69, 9.17) is 9.15 Å². The van der Waals surface area contributed by atoms with Crippen molar-refractivity contribution in [2.75, 3.05) is 6.61 Å². The number of fused-ring (bicyclic) bond motifs is 1. The molecule has 0 radical (unpaired) electrons. The average molecular weight is 608 g/mol. The van der Waals surface area contributed by atoms with E-state index in [0.29, 0.717) is 32.1 Å². The van der Waals surface area contributed by atoms with Crippen molar-refractivity contribution in [2.24, 2.45) is 4.99 Å². The van der Waals surface area contributed by atoms with Gasteiger partial charge in [0.1, 0.15) is 17.6 Å². The molecule has 0 saturated heterocycles. The van der Waals surface area contributed by atoms with Gasteiger partial charge in [0.25, 0.3) is 11.2 Å². The Morgan fingerprint density at radius 2 is 1.95 bits per heavy atom. The summed E-state index contributed by atoms with van der Waals surface area (Å²) in [5, 5.41) is 11.4. The van der Waals surface area contributed by atoms with Crippen molar-refractivity contribution in [1.82, 2.24) is 4.57 Å². The van der Waals surface area contributed by atoms with Crippen molar-refractivity contribution in [3.8, 4) is 11.3 Å². The van der Waals surface area contributed by atoms with Crippen molar-refractivity contribution in [2.45, 2.75) is 26.8 Å². The molecule has 3 heterocycles. The molecule has 5 rings (SSSR count). The number of nitro groups is 1. The van der Waals surface area contributed by atoms with Crippen LogP contribution in [0, 0.1) is 17.0 Å². The normalized spacial score (nSPS) is 15.2. The number of halogens is 1. The van der Waals surface area contributed by atoms with Crippen LogP contribution in [0.3, 0.4) is 0 Å². The molecule has 0 unspecified atom stereocenters. The Kier molecular flexibility index (Phi) is 7.19. The minimum atomic E-state index is -0.930. The Hall–Kier alpha value is -4.09. The molecule has 0 aliphatic carbocycles. The maximum Gasteiger partial charge on any atom is 0.338 e. The molecule has 0 amide bonds. The number of aromatic nitrogens is 1. The Morgan fingerprint density at radius 3 is 2.64 bits per heavy atom. The van der Waals surface area contributed by atoms with Crippen LogP contribution in [0.15, 0.2) is 84.5 Å². The number of hydrogen-bond donors (Lipinski definition) is 0. The Balaban J connectivity index is 1.69. The van der Waals surface area contributed by atoms with Gasteiger partial charge in [-0.1, -0.05) is 45.5 Å². The molecule has 0 spiro atoms. The van der Waals surface area contributed by atoms with Crippen molar-refractivity contribution >= 4 is 45.0 Å². The summed E-state index contributed by atoms with van der Waals surface area (Å²) >= 11 is 4.63. The predicted octanol–water partition coefficient (Wildman–Crippen LogP) is 5.04. The zero-order chi connectivity index (χ0) is 27.8. The summed E-state index contributed by atoms with van der Waals surface area (Å²) in [6.45, 7) is 5.36. The second-order valence-corrected chi connectivity index (χ2v) is 10.7. The molecule has 11 heteroatoms. The fourth-order valence-electron chi connectivity index (χ4n) is 4.40. The number of aryl methyl sites for hydroxylation is 1. The van der Waals surface area contributed by atoms with Crippen LogP contribution in [0.2, 0.25) is 0 Å². The lowest BCUT2D eigenvalue weighted by molar-refractivity contribution is -0.384. The first-order valence-electron chi connectivity index (χ1n) is 12.0. The van der Waals surface area contributed by atoms with E-state index in [-0.39, 0.29) is 23.4 Å². The highest BCUT2D eigenvalue weighted by atomic mass is 79.9. The third kappa shape index (κ3) is 5.02. The van der Waals surface area contributed by atoms with E-state index in [9.17, 15) is 19.7 Å². The Labute approximate surface area is 234 Å². The lowest BCUT2D eigenvalue weighted by atomic mass is 10.0. The monoisotopic (exact) mass is 607 g/mol. The molecule has 9 nitrogen and oxygen atoms in total. The van der Waals surface area contributed by atoms with Crippen LogP contribution in [0.5, 0.6) is 0 Å². The molecule has 0 fully saturated rings. The van der Waals surface area contributed by atoms with E-state index in [2.05, 4.69) is 20.9 Å². The molecule has 1 atom stereocenters. The molecule has 198 valence electrons. The SMILES string of the molecule is CCOC(=O)C1=C(C)N=c2s/c(=C\c3ccc(Br)cc3)c(=O)n2[C@@H]1c1ccc(-c2cc([N+](=O)[O-])ccc2C)o1. The van der Waals surface area contributed by atoms with Crippen LogP contribution < -0.4 is 14.9 Å². The van der Waals surface area contributed by atoms with E-state index in [1.54, 1.807) is 38.1 Å². The Bertz CT molecular complexity index is 1830. The first-order chi connectivity index (χ1) is 18.7. The van der Waals surface area contributed by atoms with Crippen LogP contribution in [0.4, 0.5) is 5.69 Å². The highest BCUT2D eigenvalue weighted by molar-refractivity contribution is 9.10. The number of rotatable bonds is 6. The molecule has 1 aliphatic rings. The molecule has 4 aromatic rings. The van der Waals surface area contributed by atoms with Crippen LogP contribution in [-0.4, -0.2) is 22.1 Å². The lowest BCUT2D eigenvalue weighted by Gasteiger charge is -2.22. The largest absolute Gasteiger partial charge is 0.463 e. The summed E-state index contributed by atoms with van der Waals surface area (Å²) in [6, 6.07) is 14.5. The standard InChI is InChI=1S/C28H22BrN3O6S/c1-4-37-27(34)24-16(3)30-28-31(26(33)23(39-28)13-17-6-8-18(29)9-7-17)25(24)22-12-11-21(38-22)20-14-19(32(35)36)10-5-15(20)2/h5-14,25H,4H2,1-3H3/b23-13-/t25-/m1/s1. The second kappa shape index (κ2) is 10.6. The quantitative estimate of drug-likeness (QED) is 0.172. The number of ether oxygens (including phenoxy) is 1. The number of furan rings is 1. The molecule has 0 bridgehead atoms. The molecule has 2 aromatic heterocycles. The van der Waals surface area contributed by atoms with Gasteiger partial charge in [0.15, 0.2) is 4.80 Å². The van der Waals surface area contributed by atoms with Gasteiger partial charge in [-0.15, -0.1) is 0 Å². The maximum atomic E-state index is 13.7. The van der Waals surface area contributed by atoms with Gasteiger partial charge in [0, 0.05) is 22.2 Å². The molecule has 1 aliphatic heterocycles. The third-order valence-corrected chi connectivity index (χ3v) is 7.79. The van der Waals surface area contributed by atoms with Gasteiger partial charge in [-0.2, -0.15) is 0 Å². The van der Waals surface area contributed by atoms with Gasteiger partial charge in [-0.25, -0.2) is 9.79 Å². The predicted molar refractivity (Wildman–Crippen MR) is 150 cm³/mol. The summed E-state index contributed by atoms with van der Waals surface area (Å²) in [7, 11) is 0. The number of benzene rings is 2. The minimum Gasteiger partial charge on any atom is -0.463 e. The molecular formula is C28H22BrN3O6S. The van der Waals surface area contributed by atoms with Gasteiger partial charge >= 0.3 is 5.97 Å². The van der Waals surface area contributed by atoms with E-state index in [0.717, 1.165) is 15.6 Å². The van der Waals surface area contributed by atoms with Gasteiger partial charge in [-0.3, -0.25) is 19.5 Å². The number of hydrogen-bond acceptors (Lipinski definition) is 8. The van der Waals surface area contributed by atoms with Gasteiger partial charge in [0.05, 0.1) is 27.3 Å². The first kappa shape index (κ1) is 26.5. The topological polar surface area (TPSA) is 117 Å². The molecular weight excluding hydrogens is 586 g/mol. The number of carbonyl (C=O) groups excluding carboxylic acids is 1. The minimum absolute atomic E-state index is 0.0718. The van der Waals surface area contributed by atoms with Gasteiger partial charge in [-0.05, 0) is 62.2 Å². The maximum absolute atomic E-state index is 13.7. The molecule has 0 saturated carbocycles. The van der Waals surface area contributed by atoms with E-state index in [1.807, 2.05) is 31.2 Å². The number of non-ortho nitro benzene ring substituents is 1. The van der Waals surface area contributed by atoms with Gasteiger partial charge < -0.3 is 9.15 Å².